The predicted octanol–water partition coefficient (Wildman–Crippen LogP) is 3.65. The van der Waals surface area contributed by atoms with Gasteiger partial charge in [0.15, 0.2) is 0 Å². The molecule has 182 valence electrons. The fraction of sp³-hybridized carbons (Fsp3) is 0.280. The van der Waals surface area contributed by atoms with Crippen LogP contribution >= 0.6 is 0 Å². The van der Waals surface area contributed by atoms with Gasteiger partial charge in [-0.15, -0.1) is 10.2 Å². The van der Waals surface area contributed by atoms with E-state index in [9.17, 15) is 9.90 Å². The van der Waals surface area contributed by atoms with E-state index in [4.69, 9.17) is 18.6 Å². The van der Waals surface area contributed by atoms with Gasteiger partial charge in [0.2, 0.25) is 5.89 Å². The zero-order valence-corrected chi connectivity index (χ0v) is 19.9. The summed E-state index contributed by atoms with van der Waals surface area (Å²) in [6.07, 6.45) is 2.02. The molecular weight excluding hydrogens is 452 g/mol. The Morgan fingerprint density at radius 2 is 1.77 bits per heavy atom. The highest BCUT2D eigenvalue weighted by molar-refractivity contribution is 5.86. The molecule has 35 heavy (non-hydrogen) atoms. The van der Waals surface area contributed by atoms with Gasteiger partial charge in [-0.1, -0.05) is 12.1 Å². The summed E-state index contributed by atoms with van der Waals surface area (Å²) in [4.78, 5) is 20.2. The Bertz CT molecular complexity index is 1360. The molecule has 3 heterocycles. The first-order valence-electron chi connectivity index (χ1n) is 11.0. The summed E-state index contributed by atoms with van der Waals surface area (Å²) in [6.45, 7) is 4.23. The van der Waals surface area contributed by atoms with Gasteiger partial charge in [-0.05, 0) is 37.6 Å². The van der Waals surface area contributed by atoms with Crippen LogP contribution < -0.4 is 15.0 Å². The van der Waals surface area contributed by atoms with Crippen molar-refractivity contribution in [3.8, 4) is 39.8 Å². The first-order chi connectivity index (χ1) is 17.0. The number of hydrogen-bond donors (Lipinski definition) is 2. The lowest BCUT2D eigenvalue weighted by atomic mass is 9.98. The molecule has 0 fully saturated rings. The lowest BCUT2D eigenvalue weighted by molar-refractivity contribution is 0.131. The second kappa shape index (κ2) is 10.4. The average Bonchev–Trinajstić information content (AvgIpc) is 3.31. The minimum atomic E-state index is -0.599. The van der Waals surface area contributed by atoms with Gasteiger partial charge in [-0.2, -0.15) is 0 Å². The summed E-state index contributed by atoms with van der Waals surface area (Å²) in [5, 5.41) is 19.5. The molecule has 3 aromatic heterocycles. The van der Waals surface area contributed by atoms with Gasteiger partial charge in [0.1, 0.15) is 22.8 Å². The minimum Gasteiger partial charge on any atom is -0.506 e. The van der Waals surface area contributed by atoms with E-state index in [1.54, 1.807) is 24.4 Å². The monoisotopic (exact) mass is 478 g/mol. The molecule has 0 spiro atoms. The van der Waals surface area contributed by atoms with Crippen LogP contribution in [0.3, 0.4) is 0 Å². The minimum absolute atomic E-state index is 0.0459. The van der Waals surface area contributed by atoms with Crippen LogP contribution in [0.15, 0.2) is 45.7 Å². The Morgan fingerprint density at radius 1 is 1.03 bits per heavy atom. The average molecular weight is 479 g/mol. The first-order valence-corrected chi connectivity index (χ1v) is 11.0. The number of ether oxygens (including phenoxy) is 3. The Hall–Kier alpha value is -4.18. The third-order valence-electron chi connectivity index (χ3n) is 5.38. The maximum Gasteiger partial charge on any atom is 0.264 e. The number of hydrogen-bond acceptors (Lipinski definition) is 9. The van der Waals surface area contributed by atoms with E-state index in [0.29, 0.717) is 29.4 Å². The molecule has 0 saturated carbocycles. The molecule has 0 aliphatic rings. The number of aromatic hydroxyl groups is 1. The van der Waals surface area contributed by atoms with Crippen LogP contribution in [0.1, 0.15) is 29.8 Å². The van der Waals surface area contributed by atoms with Crippen LogP contribution in [0, 0.1) is 6.92 Å². The molecule has 0 saturated heterocycles. The Kier molecular flexibility index (Phi) is 7.11. The Morgan fingerprint density at radius 3 is 2.40 bits per heavy atom. The third kappa shape index (κ3) is 4.87. The molecule has 4 rings (SSSR count). The number of pyridine rings is 2. The van der Waals surface area contributed by atoms with Crippen molar-refractivity contribution in [1.29, 1.82) is 0 Å². The van der Waals surface area contributed by atoms with Crippen molar-refractivity contribution in [1.82, 2.24) is 20.2 Å². The van der Waals surface area contributed by atoms with Crippen LogP contribution in [0.4, 0.5) is 0 Å². The second-order valence-corrected chi connectivity index (χ2v) is 7.71. The van der Waals surface area contributed by atoms with Gasteiger partial charge >= 0.3 is 0 Å². The van der Waals surface area contributed by atoms with Gasteiger partial charge < -0.3 is 28.7 Å². The molecule has 4 aromatic rings. The maximum atomic E-state index is 13.0. The summed E-state index contributed by atoms with van der Waals surface area (Å²) in [7, 11) is 3.01. The molecule has 0 atom stereocenters. The van der Waals surface area contributed by atoms with Gasteiger partial charge in [0, 0.05) is 18.5 Å². The fourth-order valence-corrected chi connectivity index (χ4v) is 3.70. The standard InChI is InChI=1S/C25H26N4O6/c1-5-34-13-16-20(21-17(32-3)7-6-8-18(21)33-4)23(30)22(24(31)27-16)25-29-28-19(35-25)11-15-10-9-14(2)12-26-15/h6-10,12H,5,11,13H2,1-4H3,(H2,27,30,31). The number of aromatic amines is 1. The Labute approximate surface area is 201 Å². The summed E-state index contributed by atoms with van der Waals surface area (Å²) in [6, 6.07) is 9.01. The van der Waals surface area contributed by atoms with Crippen molar-refractivity contribution in [2.45, 2.75) is 26.9 Å². The molecule has 1 aromatic carbocycles. The number of nitrogens with zero attached hydrogens (tertiary/aromatic N) is 3. The van der Waals surface area contributed by atoms with Gasteiger partial charge in [0.05, 0.1) is 44.1 Å². The highest BCUT2D eigenvalue weighted by Crippen LogP contribution is 2.46. The topological polar surface area (TPSA) is 133 Å². The van der Waals surface area contributed by atoms with Crippen molar-refractivity contribution in [3.05, 3.63) is 69.7 Å². The number of rotatable bonds is 9. The van der Waals surface area contributed by atoms with E-state index in [0.717, 1.165) is 11.3 Å². The van der Waals surface area contributed by atoms with Crippen LogP contribution in [0.2, 0.25) is 0 Å². The molecule has 10 heteroatoms. The zero-order chi connectivity index (χ0) is 24.9. The molecule has 2 N–H and O–H groups in total. The lowest BCUT2D eigenvalue weighted by Gasteiger charge is -2.18. The summed E-state index contributed by atoms with van der Waals surface area (Å²) < 4.78 is 22.4. The van der Waals surface area contributed by atoms with E-state index in [-0.39, 0.29) is 41.7 Å². The maximum absolute atomic E-state index is 13.0. The lowest BCUT2D eigenvalue weighted by Crippen LogP contribution is -2.15. The summed E-state index contributed by atoms with van der Waals surface area (Å²) >= 11 is 0. The van der Waals surface area contributed by atoms with Crippen LogP contribution in [0.25, 0.3) is 22.6 Å². The molecule has 0 bridgehead atoms. The van der Waals surface area contributed by atoms with Crippen molar-refractivity contribution in [2.24, 2.45) is 0 Å². The number of methoxy groups -OCH3 is 2. The molecule has 0 aliphatic carbocycles. The van der Waals surface area contributed by atoms with Crippen molar-refractivity contribution < 1.29 is 23.7 Å². The van der Waals surface area contributed by atoms with E-state index in [2.05, 4.69) is 20.2 Å². The van der Waals surface area contributed by atoms with Gasteiger partial charge in [-0.3, -0.25) is 9.78 Å². The molecule has 0 unspecified atom stereocenters. The molecule has 10 nitrogen and oxygen atoms in total. The van der Waals surface area contributed by atoms with E-state index in [1.165, 1.54) is 14.2 Å². The zero-order valence-electron chi connectivity index (χ0n) is 19.9. The highest BCUT2D eigenvalue weighted by atomic mass is 16.5. The molecular formula is C25H26N4O6. The highest BCUT2D eigenvalue weighted by Gasteiger charge is 2.27. The van der Waals surface area contributed by atoms with Crippen LogP contribution in [0.5, 0.6) is 17.2 Å². The van der Waals surface area contributed by atoms with E-state index >= 15 is 0 Å². The van der Waals surface area contributed by atoms with Crippen LogP contribution in [-0.2, 0) is 17.8 Å². The van der Waals surface area contributed by atoms with Crippen LogP contribution in [-0.4, -0.2) is 46.1 Å². The third-order valence-corrected chi connectivity index (χ3v) is 5.38. The Balaban J connectivity index is 1.86. The van der Waals surface area contributed by atoms with Gasteiger partial charge in [0.25, 0.3) is 11.4 Å². The number of benzene rings is 1. The fourth-order valence-electron chi connectivity index (χ4n) is 3.70. The number of nitrogens with one attached hydrogen (secondary N) is 1. The largest absolute Gasteiger partial charge is 0.506 e. The number of aromatic nitrogens is 4. The second-order valence-electron chi connectivity index (χ2n) is 7.71. The summed E-state index contributed by atoms with van der Waals surface area (Å²) in [5.74, 6) is 0.656. The quantitative estimate of drug-likeness (QED) is 0.370. The molecule has 0 radical (unpaired) electrons. The van der Waals surface area contributed by atoms with Crippen molar-refractivity contribution in [3.63, 3.8) is 0 Å². The first kappa shape index (κ1) is 24.0. The SMILES string of the molecule is CCOCc1[nH]c(=O)c(-c2nnc(Cc3ccc(C)cn3)o2)c(O)c1-c1c(OC)cccc1OC. The van der Waals surface area contributed by atoms with Crippen molar-refractivity contribution in [2.75, 3.05) is 20.8 Å². The smallest absolute Gasteiger partial charge is 0.264 e. The summed E-state index contributed by atoms with van der Waals surface area (Å²) in [5.41, 5.74) is 2.08. The molecule has 0 aliphatic heterocycles. The predicted molar refractivity (Wildman–Crippen MR) is 128 cm³/mol. The number of H-pyrrole nitrogens is 1. The normalized spacial score (nSPS) is 11.0. The van der Waals surface area contributed by atoms with Crippen molar-refractivity contribution >= 4 is 0 Å². The van der Waals surface area contributed by atoms with E-state index < -0.39 is 5.56 Å². The molecule has 0 amide bonds. The van der Waals surface area contributed by atoms with E-state index in [1.807, 2.05) is 26.0 Å². The number of aryl methyl sites for hydroxylation is 1. The van der Waals surface area contributed by atoms with Gasteiger partial charge in [-0.25, -0.2) is 0 Å².